The van der Waals surface area contributed by atoms with Crippen LogP contribution in [0, 0.1) is 11.2 Å². The topological polar surface area (TPSA) is 72.7 Å². The largest absolute Gasteiger partial charge is 0.336 e. The van der Waals surface area contributed by atoms with Gasteiger partial charge in [0.1, 0.15) is 5.82 Å². The van der Waals surface area contributed by atoms with Crippen LogP contribution >= 0.6 is 0 Å². The van der Waals surface area contributed by atoms with Gasteiger partial charge in [-0.15, -0.1) is 5.10 Å². The molecule has 1 N–H and O–H groups in total. The number of nitrogens with one attached hydrogen (secondary N) is 1. The lowest BCUT2D eigenvalue weighted by molar-refractivity contribution is 0.0911. The Labute approximate surface area is 150 Å². The molecule has 0 aliphatic heterocycles. The molecule has 132 valence electrons. The maximum absolute atomic E-state index is 14.1. The number of ketones is 1. The second kappa shape index (κ2) is 6.01. The molecule has 1 aliphatic carbocycles. The summed E-state index contributed by atoms with van der Waals surface area (Å²) in [7, 11) is 0. The molecule has 7 heteroatoms. The number of carbonyl (C=O) groups is 1. The molecule has 0 atom stereocenters. The van der Waals surface area contributed by atoms with Gasteiger partial charge in [-0.25, -0.2) is 19.0 Å². The van der Waals surface area contributed by atoms with E-state index in [2.05, 4.69) is 20.4 Å². The fraction of sp³-hybridized carbons (Fsp3) is 0.263. The molecular weight excluding hydrogens is 333 g/mol. The number of halogens is 1. The summed E-state index contributed by atoms with van der Waals surface area (Å²) in [6.45, 7) is 4.09. The van der Waals surface area contributed by atoms with Crippen LogP contribution in [-0.2, 0) is 6.42 Å². The molecule has 4 rings (SSSR count). The van der Waals surface area contributed by atoms with E-state index in [0.29, 0.717) is 30.2 Å². The van der Waals surface area contributed by atoms with Crippen molar-refractivity contribution < 1.29 is 9.18 Å². The van der Waals surface area contributed by atoms with Crippen molar-refractivity contribution in [3.05, 3.63) is 59.8 Å². The zero-order valence-corrected chi connectivity index (χ0v) is 14.5. The Morgan fingerprint density at radius 2 is 1.85 bits per heavy atom. The van der Waals surface area contributed by atoms with E-state index in [1.54, 1.807) is 41.3 Å². The number of carbonyl (C=O) groups excluding carboxylic acids is 1. The number of fused-ring (bicyclic) bond motifs is 1. The van der Waals surface area contributed by atoms with E-state index in [4.69, 9.17) is 0 Å². The second-order valence-corrected chi connectivity index (χ2v) is 7.18. The summed E-state index contributed by atoms with van der Waals surface area (Å²) in [4.78, 5) is 21.3. The number of nitrogens with zero attached hydrogens (tertiary/aromatic N) is 4. The summed E-state index contributed by atoms with van der Waals surface area (Å²) in [6, 6.07) is 8.02. The second-order valence-electron chi connectivity index (χ2n) is 7.18. The Balaban J connectivity index is 1.87. The van der Waals surface area contributed by atoms with Crippen molar-refractivity contribution in [2.75, 3.05) is 5.32 Å². The Morgan fingerprint density at radius 3 is 2.58 bits per heavy atom. The van der Waals surface area contributed by atoms with Gasteiger partial charge in [0.05, 0.1) is 16.9 Å². The van der Waals surface area contributed by atoms with Crippen molar-refractivity contribution in [2.45, 2.75) is 26.7 Å². The zero-order chi connectivity index (χ0) is 18.3. The van der Waals surface area contributed by atoms with E-state index in [9.17, 15) is 9.18 Å². The number of aromatic nitrogens is 4. The van der Waals surface area contributed by atoms with E-state index in [0.717, 1.165) is 5.69 Å². The Bertz CT molecular complexity index is 981. The van der Waals surface area contributed by atoms with Crippen molar-refractivity contribution >= 4 is 17.3 Å². The quantitative estimate of drug-likeness (QED) is 0.779. The van der Waals surface area contributed by atoms with Crippen molar-refractivity contribution in [3.8, 4) is 5.95 Å². The monoisotopic (exact) mass is 351 g/mol. The van der Waals surface area contributed by atoms with Crippen LogP contribution < -0.4 is 5.32 Å². The lowest BCUT2D eigenvalue weighted by atomic mass is 9.76. The molecule has 1 aromatic carbocycles. The highest BCUT2D eigenvalue weighted by Gasteiger charge is 2.37. The predicted molar refractivity (Wildman–Crippen MR) is 95.3 cm³/mol. The fourth-order valence-corrected chi connectivity index (χ4v) is 3.29. The molecule has 0 saturated heterocycles. The highest BCUT2D eigenvalue weighted by molar-refractivity contribution is 6.03. The van der Waals surface area contributed by atoms with Gasteiger partial charge < -0.3 is 5.32 Å². The van der Waals surface area contributed by atoms with Crippen LogP contribution in [0.2, 0.25) is 0 Å². The molecule has 0 unspecified atom stereocenters. The van der Waals surface area contributed by atoms with Crippen molar-refractivity contribution in [1.29, 1.82) is 0 Å². The first-order valence-corrected chi connectivity index (χ1v) is 8.39. The highest BCUT2D eigenvalue weighted by Crippen LogP contribution is 2.39. The van der Waals surface area contributed by atoms with Crippen LogP contribution in [0.5, 0.6) is 0 Å². The van der Waals surface area contributed by atoms with Crippen LogP contribution in [-0.4, -0.2) is 25.5 Å². The first kappa shape index (κ1) is 16.4. The molecule has 3 aromatic rings. The van der Waals surface area contributed by atoms with E-state index >= 15 is 0 Å². The average Bonchev–Trinajstić information content (AvgIpc) is 2.95. The number of Topliss-reactive ketones (excluding diaryl/α,β-unsaturated/α-hetero) is 1. The van der Waals surface area contributed by atoms with Gasteiger partial charge in [0, 0.05) is 18.8 Å². The van der Waals surface area contributed by atoms with Gasteiger partial charge in [-0.05, 0) is 30.0 Å². The van der Waals surface area contributed by atoms with Crippen molar-refractivity contribution in [1.82, 2.24) is 19.7 Å². The third-order valence-corrected chi connectivity index (χ3v) is 4.41. The molecule has 1 aliphatic rings. The first-order valence-electron chi connectivity index (χ1n) is 8.39. The van der Waals surface area contributed by atoms with Crippen LogP contribution in [0.1, 0.15) is 36.3 Å². The van der Waals surface area contributed by atoms with Gasteiger partial charge in [-0.1, -0.05) is 26.0 Å². The minimum absolute atomic E-state index is 0.0164. The standard InChI is InChI=1S/C19H18FN5O/c1-19(2)10-14-16(15(26)11-19)17(23-13-7-4-3-6-12(13)20)24-25(14)18-21-8-5-9-22-18/h3-9H,10-11H2,1-2H3,(H,23,24). The molecule has 26 heavy (non-hydrogen) atoms. The maximum atomic E-state index is 14.1. The summed E-state index contributed by atoms with van der Waals surface area (Å²) in [5.74, 6) is 0.293. The number of hydrogen-bond donors (Lipinski definition) is 1. The zero-order valence-electron chi connectivity index (χ0n) is 14.5. The number of hydrogen-bond acceptors (Lipinski definition) is 5. The van der Waals surface area contributed by atoms with Gasteiger partial charge in [-0.3, -0.25) is 4.79 Å². The Kier molecular flexibility index (Phi) is 3.79. The Hall–Kier alpha value is -3.09. The van der Waals surface area contributed by atoms with Crippen LogP contribution in [0.25, 0.3) is 5.95 Å². The third-order valence-electron chi connectivity index (χ3n) is 4.41. The molecule has 0 bridgehead atoms. The lowest BCUT2D eigenvalue weighted by Crippen LogP contribution is -2.28. The molecule has 2 heterocycles. The molecule has 0 amide bonds. The molecule has 0 spiro atoms. The van der Waals surface area contributed by atoms with Crippen LogP contribution in [0.3, 0.4) is 0 Å². The van der Waals surface area contributed by atoms with Gasteiger partial charge in [0.15, 0.2) is 11.6 Å². The SMILES string of the molecule is CC1(C)CC(=O)c2c(Nc3ccccc3F)nn(-c3ncccn3)c2C1. The highest BCUT2D eigenvalue weighted by atomic mass is 19.1. The minimum atomic E-state index is -0.407. The molecule has 6 nitrogen and oxygen atoms in total. The first-order chi connectivity index (χ1) is 12.4. The number of benzene rings is 1. The fourth-order valence-electron chi connectivity index (χ4n) is 3.29. The van der Waals surface area contributed by atoms with Gasteiger partial charge in [0.25, 0.3) is 5.95 Å². The van der Waals surface area contributed by atoms with Crippen LogP contribution in [0.15, 0.2) is 42.7 Å². The third kappa shape index (κ3) is 2.85. The van der Waals surface area contributed by atoms with Crippen LogP contribution in [0.4, 0.5) is 15.9 Å². The van der Waals surface area contributed by atoms with Crippen molar-refractivity contribution in [3.63, 3.8) is 0 Å². The molecular formula is C19H18FN5O. The molecule has 0 saturated carbocycles. The summed E-state index contributed by atoms with van der Waals surface area (Å²) >= 11 is 0. The lowest BCUT2D eigenvalue weighted by Gasteiger charge is -2.28. The molecule has 0 fully saturated rings. The van der Waals surface area contributed by atoms with Gasteiger partial charge in [-0.2, -0.15) is 0 Å². The minimum Gasteiger partial charge on any atom is -0.336 e. The van der Waals surface area contributed by atoms with E-state index in [1.165, 1.54) is 6.07 Å². The summed E-state index contributed by atoms with van der Waals surface area (Å²) in [5.41, 5.74) is 1.31. The number of anilines is 2. The molecule has 0 radical (unpaired) electrons. The van der Waals surface area contributed by atoms with Gasteiger partial charge in [0.2, 0.25) is 0 Å². The van der Waals surface area contributed by atoms with E-state index in [1.807, 2.05) is 13.8 Å². The average molecular weight is 351 g/mol. The van der Waals surface area contributed by atoms with E-state index < -0.39 is 5.82 Å². The molecule has 2 aromatic heterocycles. The Morgan fingerprint density at radius 1 is 1.12 bits per heavy atom. The van der Waals surface area contributed by atoms with Gasteiger partial charge >= 0.3 is 0 Å². The number of para-hydroxylation sites is 1. The summed E-state index contributed by atoms with van der Waals surface area (Å²) in [5, 5.41) is 7.47. The maximum Gasteiger partial charge on any atom is 0.250 e. The summed E-state index contributed by atoms with van der Waals surface area (Å²) < 4.78 is 15.6. The predicted octanol–water partition coefficient (Wildman–Crippen LogP) is 3.70. The normalized spacial score (nSPS) is 15.6. The smallest absolute Gasteiger partial charge is 0.250 e. The number of rotatable bonds is 3. The van der Waals surface area contributed by atoms with E-state index in [-0.39, 0.29) is 16.9 Å². The van der Waals surface area contributed by atoms with Crippen molar-refractivity contribution in [2.24, 2.45) is 5.41 Å². The summed E-state index contributed by atoms with van der Waals surface area (Å²) in [6.07, 6.45) is 4.30.